The van der Waals surface area contributed by atoms with Crippen molar-refractivity contribution in [2.45, 2.75) is 32.9 Å². The zero-order valence-electron chi connectivity index (χ0n) is 10.1. The fourth-order valence-electron chi connectivity index (χ4n) is 1.45. The lowest BCUT2D eigenvalue weighted by Crippen LogP contribution is -2.33. The van der Waals surface area contributed by atoms with E-state index in [1.165, 1.54) is 0 Å². The highest BCUT2D eigenvalue weighted by Gasteiger charge is 2.12. The lowest BCUT2D eigenvalue weighted by Gasteiger charge is -2.25. The van der Waals surface area contributed by atoms with Gasteiger partial charge in [0.25, 0.3) is 0 Å². The zero-order chi connectivity index (χ0) is 12.1. The number of nitrogens with zero attached hydrogens (tertiary/aromatic N) is 4. The standard InChI is InChI=1S/C10H19N5S/c1-8(2)15(5-4-10(11)16)7-9-6-14(3)13-12-9/h6,8H,4-5,7H2,1-3H3,(H2,11,16). The van der Waals surface area contributed by atoms with Crippen LogP contribution in [-0.4, -0.2) is 37.5 Å². The first-order valence-corrected chi connectivity index (χ1v) is 5.77. The molecule has 0 aromatic carbocycles. The maximum absolute atomic E-state index is 5.51. The van der Waals surface area contributed by atoms with E-state index in [1.54, 1.807) is 4.68 Å². The van der Waals surface area contributed by atoms with E-state index in [0.29, 0.717) is 11.0 Å². The van der Waals surface area contributed by atoms with Crippen LogP contribution in [0, 0.1) is 0 Å². The van der Waals surface area contributed by atoms with Crippen LogP contribution in [0.2, 0.25) is 0 Å². The van der Waals surface area contributed by atoms with Crippen molar-refractivity contribution < 1.29 is 0 Å². The molecule has 0 radical (unpaired) electrons. The van der Waals surface area contributed by atoms with Gasteiger partial charge in [0.2, 0.25) is 0 Å². The van der Waals surface area contributed by atoms with Gasteiger partial charge in [-0.2, -0.15) is 0 Å². The lowest BCUT2D eigenvalue weighted by atomic mass is 10.2. The first-order chi connectivity index (χ1) is 7.49. The molecule has 0 aliphatic rings. The summed E-state index contributed by atoms with van der Waals surface area (Å²) in [5, 5.41) is 7.99. The summed E-state index contributed by atoms with van der Waals surface area (Å²) in [6.45, 7) is 5.95. The van der Waals surface area contributed by atoms with E-state index >= 15 is 0 Å². The SMILES string of the molecule is CC(C)N(CCC(N)=S)Cc1cn(C)nn1. The summed E-state index contributed by atoms with van der Waals surface area (Å²) < 4.78 is 1.71. The van der Waals surface area contributed by atoms with Crippen molar-refractivity contribution in [1.82, 2.24) is 19.9 Å². The normalized spacial score (nSPS) is 11.3. The van der Waals surface area contributed by atoms with Crippen LogP contribution in [0.5, 0.6) is 0 Å². The molecule has 2 N–H and O–H groups in total. The van der Waals surface area contributed by atoms with Gasteiger partial charge < -0.3 is 5.73 Å². The molecule has 1 heterocycles. The van der Waals surface area contributed by atoms with Gasteiger partial charge in [0.1, 0.15) is 0 Å². The molecule has 90 valence electrons. The molecular weight excluding hydrogens is 222 g/mol. The topological polar surface area (TPSA) is 60.0 Å². The molecule has 16 heavy (non-hydrogen) atoms. The summed E-state index contributed by atoms with van der Waals surface area (Å²) in [5.74, 6) is 0. The third-order valence-corrected chi connectivity index (χ3v) is 2.60. The van der Waals surface area contributed by atoms with Crippen molar-refractivity contribution in [2.75, 3.05) is 6.54 Å². The first kappa shape index (κ1) is 13.1. The summed E-state index contributed by atoms with van der Waals surface area (Å²) in [6, 6.07) is 0.441. The molecule has 5 nitrogen and oxygen atoms in total. The highest BCUT2D eigenvalue weighted by atomic mass is 32.1. The number of nitrogens with two attached hydrogens (primary N) is 1. The predicted molar refractivity (Wildman–Crippen MR) is 68.0 cm³/mol. The molecule has 0 spiro atoms. The Morgan fingerprint density at radius 1 is 1.62 bits per heavy atom. The van der Waals surface area contributed by atoms with E-state index in [4.69, 9.17) is 18.0 Å². The Morgan fingerprint density at radius 2 is 2.31 bits per heavy atom. The number of aryl methyl sites for hydroxylation is 1. The van der Waals surface area contributed by atoms with Crippen LogP contribution in [0.4, 0.5) is 0 Å². The minimum Gasteiger partial charge on any atom is -0.393 e. The Morgan fingerprint density at radius 3 is 2.75 bits per heavy atom. The third-order valence-electron chi connectivity index (χ3n) is 2.39. The number of rotatable bonds is 6. The fourth-order valence-corrected chi connectivity index (χ4v) is 1.54. The van der Waals surface area contributed by atoms with E-state index in [-0.39, 0.29) is 0 Å². The molecule has 0 amide bonds. The van der Waals surface area contributed by atoms with Gasteiger partial charge in [0.15, 0.2) is 0 Å². The number of hydrogen-bond acceptors (Lipinski definition) is 4. The van der Waals surface area contributed by atoms with Crippen LogP contribution in [0.3, 0.4) is 0 Å². The molecule has 0 atom stereocenters. The lowest BCUT2D eigenvalue weighted by molar-refractivity contribution is 0.216. The van der Waals surface area contributed by atoms with Gasteiger partial charge in [-0.05, 0) is 13.8 Å². The van der Waals surface area contributed by atoms with E-state index < -0.39 is 0 Å². The molecule has 1 aromatic heterocycles. The maximum Gasteiger partial charge on any atom is 0.0967 e. The molecule has 0 aliphatic heterocycles. The summed E-state index contributed by atoms with van der Waals surface area (Å²) in [4.78, 5) is 2.84. The molecule has 0 aliphatic carbocycles. The Balaban J connectivity index is 2.54. The molecular formula is C10H19N5S. The van der Waals surface area contributed by atoms with Crippen LogP contribution < -0.4 is 5.73 Å². The number of thiocarbonyl (C=S) groups is 1. The van der Waals surface area contributed by atoms with Crippen LogP contribution in [0.25, 0.3) is 0 Å². The Labute approximate surface area is 102 Å². The summed E-state index contributed by atoms with van der Waals surface area (Å²) in [6.07, 6.45) is 2.67. The minimum atomic E-state index is 0.441. The van der Waals surface area contributed by atoms with Gasteiger partial charge in [0.05, 0.1) is 10.7 Å². The van der Waals surface area contributed by atoms with Gasteiger partial charge in [-0.15, -0.1) is 5.10 Å². The third kappa shape index (κ3) is 4.24. The second-order valence-corrected chi connectivity index (χ2v) is 4.69. The monoisotopic (exact) mass is 241 g/mol. The van der Waals surface area contributed by atoms with E-state index in [2.05, 4.69) is 29.1 Å². The van der Waals surface area contributed by atoms with E-state index in [0.717, 1.165) is 25.2 Å². The van der Waals surface area contributed by atoms with E-state index in [1.807, 2.05) is 13.2 Å². The van der Waals surface area contributed by atoms with Crippen molar-refractivity contribution in [3.63, 3.8) is 0 Å². The first-order valence-electron chi connectivity index (χ1n) is 5.36. The molecule has 0 saturated carbocycles. The van der Waals surface area contributed by atoms with Gasteiger partial charge in [-0.25, -0.2) is 0 Å². The number of hydrogen-bond donors (Lipinski definition) is 1. The summed E-state index contributed by atoms with van der Waals surface area (Å²) >= 11 is 4.89. The Kier molecular flexibility index (Phi) is 4.82. The average molecular weight is 241 g/mol. The molecule has 1 rings (SSSR count). The second kappa shape index (κ2) is 5.91. The van der Waals surface area contributed by atoms with Gasteiger partial charge >= 0.3 is 0 Å². The van der Waals surface area contributed by atoms with Crippen molar-refractivity contribution in [1.29, 1.82) is 0 Å². The van der Waals surface area contributed by atoms with Crippen molar-refractivity contribution >= 4 is 17.2 Å². The molecule has 6 heteroatoms. The fraction of sp³-hybridized carbons (Fsp3) is 0.700. The van der Waals surface area contributed by atoms with Crippen LogP contribution in [-0.2, 0) is 13.6 Å². The second-order valence-electron chi connectivity index (χ2n) is 4.16. The number of aromatic nitrogens is 3. The quantitative estimate of drug-likeness (QED) is 0.743. The Bertz CT molecular complexity index is 347. The maximum atomic E-state index is 5.51. The highest BCUT2D eigenvalue weighted by Crippen LogP contribution is 2.06. The molecule has 0 saturated heterocycles. The van der Waals surface area contributed by atoms with Crippen molar-refractivity contribution in [3.05, 3.63) is 11.9 Å². The zero-order valence-corrected chi connectivity index (χ0v) is 10.9. The molecule has 0 unspecified atom stereocenters. The summed E-state index contributed by atoms with van der Waals surface area (Å²) in [5.41, 5.74) is 6.48. The molecule has 0 fully saturated rings. The molecule has 0 bridgehead atoms. The van der Waals surface area contributed by atoms with Crippen molar-refractivity contribution in [3.8, 4) is 0 Å². The largest absolute Gasteiger partial charge is 0.393 e. The smallest absolute Gasteiger partial charge is 0.0967 e. The van der Waals surface area contributed by atoms with Crippen LogP contribution in [0.15, 0.2) is 6.20 Å². The van der Waals surface area contributed by atoms with E-state index in [9.17, 15) is 0 Å². The summed E-state index contributed by atoms with van der Waals surface area (Å²) in [7, 11) is 1.87. The predicted octanol–water partition coefficient (Wildman–Crippen LogP) is 0.702. The Hall–Kier alpha value is -1.01. The minimum absolute atomic E-state index is 0.441. The van der Waals surface area contributed by atoms with Crippen LogP contribution in [0.1, 0.15) is 26.0 Å². The van der Waals surface area contributed by atoms with Gasteiger partial charge in [-0.1, -0.05) is 17.4 Å². The highest BCUT2D eigenvalue weighted by molar-refractivity contribution is 7.80. The van der Waals surface area contributed by atoms with Gasteiger partial charge in [-0.3, -0.25) is 9.58 Å². The molecule has 1 aromatic rings. The average Bonchev–Trinajstić information content (AvgIpc) is 2.57. The van der Waals surface area contributed by atoms with Crippen molar-refractivity contribution in [2.24, 2.45) is 12.8 Å². The van der Waals surface area contributed by atoms with Gasteiger partial charge in [0, 0.05) is 38.8 Å². The van der Waals surface area contributed by atoms with Crippen LogP contribution >= 0.6 is 12.2 Å².